The van der Waals surface area contributed by atoms with E-state index in [0.29, 0.717) is 24.9 Å². The maximum Gasteiger partial charge on any atom is 0.270 e. The number of hydrogen-bond donors (Lipinski definition) is 1. The fourth-order valence-corrected chi connectivity index (χ4v) is 4.93. The van der Waals surface area contributed by atoms with Gasteiger partial charge < -0.3 is 10.2 Å². The molecule has 1 saturated heterocycles. The van der Waals surface area contributed by atoms with Gasteiger partial charge >= 0.3 is 0 Å². The monoisotopic (exact) mass is 454 g/mol. The molecule has 11 heteroatoms. The number of hydrogen-bond acceptors (Lipinski definition) is 8. The minimum absolute atomic E-state index is 0.0821. The fourth-order valence-electron chi connectivity index (χ4n) is 3.46. The number of nitro groups is 1. The van der Waals surface area contributed by atoms with Crippen molar-refractivity contribution >= 4 is 33.2 Å². The minimum atomic E-state index is -3.83. The maximum atomic E-state index is 13.0. The van der Waals surface area contributed by atoms with Crippen LogP contribution < -0.4 is 10.2 Å². The van der Waals surface area contributed by atoms with Crippen LogP contribution in [0.5, 0.6) is 0 Å². The van der Waals surface area contributed by atoms with Crippen molar-refractivity contribution in [1.82, 2.24) is 14.3 Å². The molecule has 3 aromatic rings. The molecule has 0 bridgehead atoms. The molecule has 0 amide bonds. The zero-order valence-electron chi connectivity index (χ0n) is 17.4. The fraction of sp³-hybridized carbons (Fsp3) is 0.238. The third-order valence-corrected chi connectivity index (χ3v) is 6.97. The Kier molecular flexibility index (Phi) is 6.01. The second kappa shape index (κ2) is 8.89. The molecule has 0 atom stereocenters. The van der Waals surface area contributed by atoms with Gasteiger partial charge in [0, 0.05) is 55.8 Å². The molecule has 4 rings (SSSR count). The van der Waals surface area contributed by atoms with E-state index in [4.69, 9.17) is 0 Å². The van der Waals surface area contributed by atoms with Crippen molar-refractivity contribution < 1.29 is 13.3 Å². The van der Waals surface area contributed by atoms with Gasteiger partial charge in [0.15, 0.2) is 0 Å². The van der Waals surface area contributed by atoms with E-state index in [1.165, 1.54) is 22.5 Å². The van der Waals surface area contributed by atoms with Crippen molar-refractivity contribution in [2.45, 2.75) is 11.8 Å². The lowest BCUT2D eigenvalue weighted by Gasteiger charge is -2.34. The SMILES string of the molecule is Cc1cc(Nc2ccccc2)nc(N2CCN(S(=O)(=O)c3cccc([N+](=O)[O-])c3)CC2)n1. The first-order valence-electron chi connectivity index (χ1n) is 10.0. The first-order chi connectivity index (χ1) is 15.3. The van der Waals surface area contributed by atoms with Gasteiger partial charge in [0.2, 0.25) is 16.0 Å². The van der Waals surface area contributed by atoms with Crippen molar-refractivity contribution in [2.24, 2.45) is 0 Å². The van der Waals surface area contributed by atoms with Crippen molar-refractivity contribution in [2.75, 3.05) is 36.4 Å². The average molecular weight is 455 g/mol. The molecule has 2 aromatic carbocycles. The summed E-state index contributed by atoms with van der Waals surface area (Å²) in [7, 11) is -3.83. The number of piperazine rings is 1. The van der Waals surface area contributed by atoms with Crippen molar-refractivity contribution in [3.8, 4) is 0 Å². The van der Waals surface area contributed by atoms with Crippen LogP contribution >= 0.6 is 0 Å². The summed E-state index contributed by atoms with van der Waals surface area (Å²) >= 11 is 0. The van der Waals surface area contributed by atoms with Gasteiger partial charge in [-0.1, -0.05) is 24.3 Å². The average Bonchev–Trinajstić information content (AvgIpc) is 2.79. The van der Waals surface area contributed by atoms with E-state index in [1.807, 2.05) is 48.2 Å². The van der Waals surface area contributed by atoms with Crippen LogP contribution in [0.15, 0.2) is 65.6 Å². The molecular weight excluding hydrogens is 432 g/mol. The summed E-state index contributed by atoms with van der Waals surface area (Å²) in [5, 5.41) is 14.3. The van der Waals surface area contributed by atoms with Crippen molar-refractivity contribution in [1.29, 1.82) is 0 Å². The first kappa shape index (κ1) is 21.7. The van der Waals surface area contributed by atoms with E-state index in [0.717, 1.165) is 17.4 Å². The number of anilines is 3. The van der Waals surface area contributed by atoms with Crippen LogP contribution in [0, 0.1) is 17.0 Å². The van der Waals surface area contributed by atoms with E-state index >= 15 is 0 Å². The summed E-state index contributed by atoms with van der Waals surface area (Å²) in [4.78, 5) is 21.3. The standard InChI is InChI=1S/C21H22N6O4S/c1-16-14-20(23-17-6-3-2-4-7-17)24-21(22-16)25-10-12-26(13-11-25)32(30,31)19-9-5-8-18(15-19)27(28)29/h2-9,14-15H,10-13H2,1H3,(H,22,23,24). The van der Waals surface area contributed by atoms with Gasteiger partial charge in [-0.2, -0.15) is 9.29 Å². The van der Waals surface area contributed by atoms with E-state index in [9.17, 15) is 18.5 Å². The third kappa shape index (κ3) is 4.68. The molecule has 1 N–H and O–H groups in total. The molecule has 1 aromatic heterocycles. The number of benzene rings is 2. The second-order valence-corrected chi connectivity index (χ2v) is 9.27. The second-order valence-electron chi connectivity index (χ2n) is 7.33. The molecule has 166 valence electrons. The van der Waals surface area contributed by atoms with Gasteiger partial charge in [-0.15, -0.1) is 0 Å². The molecule has 0 aliphatic carbocycles. The van der Waals surface area contributed by atoms with Gasteiger partial charge in [-0.05, 0) is 25.1 Å². The van der Waals surface area contributed by atoms with E-state index in [-0.39, 0.29) is 23.7 Å². The Labute approximate surface area is 185 Å². The van der Waals surface area contributed by atoms with Crippen LogP contribution in [0.2, 0.25) is 0 Å². The van der Waals surface area contributed by atoms with E-state index in [2.05, 4.69) is 15.3 Å². The predicted octanol–water partition coefficient (Wildman–Crippen LogP) is 2.95. The highest BCUT2D eigenvalue weighted by molar-refractivity contribution is 7.89. The lowest BCUT2D eigenvalue weighted by Crippen LogP contribution is -2.49. The molecule has 1 aliphatic rings. The smallest absolute Gasteiger partial charge is 0.270 e. The zero-order chi connectivity index (χ0) is 22.7. The van der Waals surface area contributed by atoms with Crippen LogP contribution in [-0.4, -0.2) is 53.8 Å². The number of nitro benzene ring substituents is 1. The first-order valence-corrected chi connectivity index (χ1v) is 11.4. The van der Waals surface area contributed by atoms with Gasteiger partial charge in [-0.3, -0.25) is 10.1 Å². The summed E-state index contributed by atoms with van der Waals surface area (Å²) in [6, 6.07) is 16.6. The number of aryl methyl sites for hydroxylation is 1. The Morgan fingerprint density at radius 3 is 2.38 bits per heavy atom. The molecule has 0 spiro atoms. The number of aromatic nitrogens is 2. The van der Waals surface area contributed by atoms with Crippen LogP contribution in [0.3, 0.4) is 0 Å². The molecule has 2 heterocycles. The lowest BCUT2D eigenvalue weighted by atomic mass is 10.3. The quantitative estimate of drug-likeness (QED) is 0.446. The zero-order valence-corrected chi connectivity index (χ0v) is 18.2. The molecule has 0 unspecified atom stereocenters. The number of nitrogens with zero attached hydrogens (tertiary/aromatic N) is 5. The van der Waals surface area contributed by atoms with Crippen LogP contribution in [0.1, 0.15) is 5.69 Å². The molecule has 0 radical (unpaired) electrons. The van der Waals surface area contributed by atoms with Gasteiger partial charge in [-0.25, -0.2) is 13.4 Å². The number of sulfonamides is 1. The van der Waals surface area contributed by atoms with Crippen molar-refractivity contribution in [3.05, 3.63) is 76.5 Å². The Balaban J connectivity index is 1.48. The number of rotatable bonds is 6. The molecule has 0 saturated carbocycles. The topological polar surface area (TPSA) is 122 Å². The molecule has 1 fully saturated rings. The molecular formula is C21H22N6O4S. The third-order valence-electron chi connectivity index (χ3n) is 5.08. The highest BCUT2D eigenvalue weighted by Crippen LogP contribution is 2.24. The summed E-state index contributed by atoms with van der Waals surface area (Å²) in [5.41, 5.74) is 1.45. The highest BCUT2D eigenvalue weighted by atomic mass is 32.2. The summed E-state index contributed by atoms with van der Waals surface area (Å²) in [5.74, 6) is 1.18. The lowest BCUT2D eigenvalue weighted by molar-refractivity contribution is -0.385. The van der Waals surface area contributed by atoms with Crippen LogP contribution in [0.25, 0.3) is 0 Å². The Morgan fingerprint density at radius 1 is 0.969 bits per heavy atom. The predicted molar refractivity (Wildman–Crippen MR) is 121 cm³/mol. The number of non-ortho nitro benzene ring substituents is 1. The van der Waals surface area contributed by atoms with Gasteiger partial charge in [0.1, 0.15) is 5.82 Å². The van der Waals surface area contributed by atoms with Gasteiger partial charge in [0.25, 0.3) is 5.69 Å². The number of nitrogens with one attached hydrogen (secondary N) is 1. The van der Waals surface area contributed by atoms with E-state index < -0.39 is 14.9 Å². The Bertz CT molecular complexity index is 1230. The maximum absolute atomic E-state index is 13.0. The van der Waals surface area contributed by atoms with Gasteiger partial charge in [0.05, 0.1) is 9.82 Å². The van der Waals surface area contributed by atoms with Crippen LogP contribution in [0.4, 0.5) is 23.1 Å². The molecule has 1 aliphatic heterocycles. The minimum Gasteiger partial charge on any atom is -0.340 e. The largest absolute Gasteiger partial charge is 0.340 e. The highest BCUT2D eigenvalue weighted by Gasteiger charge is 2.30. The molecule has 10 nitrogen and oxygen atoms in total. The van der Waals surface area contributed by atoms with Crippen LogP contribution in [-0.2, 0) is 10.0 Å². The van der Waals surface area contributed by atoms with E-state index in [1.54, 1.807) is 0 Å². The Morgan fingerprint density at radius 2 is 1.69 bits per heavy atom. The van der Waals surface area contributed by atoms with Crippen molar-refractivity contribution in [3.63, 3.8) is 0 Å². The number of para-hydroxylation sites is 1. The normalized spacial score (nSPS) is 14.8. The Hall–Kier alpha value is -3.57. The summed E-state index contributed by atoms with van der Waals surface area (Å²) < 4.78 is 27.3. The summed E-state index contributed by atoms with van der Waals surface area (Å²) in [6.45, 7) is 3.14. The molecule has 32 heavy (non-hydrogen) atoms. The summed E-state index contributed by atoms with van der Waals surface area (Å²) in [6.07, 6.45) is 0.